The molecule has 1 aromatic carbocycles. The molecule has 1 aromatic rings. The molecule has 0 bridgehead atoms. The molecule has 2 N–H and O–H groups in total. The van der Waals surface area contributed by atoms with E-state index in [4.69, 9.17) is 0 Å². The van der Waals surface area contributed by atoms with Gasteiger partial charge in [0.05, 0.1) is 9.40 Å². The van der Waals surface area contributed by atoms with E-state index in [2.05, 4.69) is 21.2 Å². The lowest BCUT2D eigenvalue weighted by Gasteiger charge is -2.26. The lowest BCUT2D eigenvalue weighted by Crippen LogP contribution is -2.43. The fraction of sp³-hybridized carbons (Fsp3) is 0.417. The summed E-state index contributed by atoms with van der Waals surface area (Å²) in [5, 5.41) is 22.8. The van der Waals surface area contributed by atoms with Crippen LogP contribution in [0.5, 0.6) is 0 Å². The van der Waals surface area contributed by atoms with Crippen LogP contribution in [0.15, 0.2) is 16.6 Å². The van der Waals surface area contributed by atoms with Gasteiger partial charge in [0.2, 0.25) is 0 Å². The smallest absolute Gasteiger partial charge is 0.329 e. The molecule has 0 fully saturated rings. The quantitative estimate of drug-likeness (QED) is 0.605. The third-order valence-corrected chi connectivity index (χ3v) is 3.48. The summed E-state index contributed by atoms with van der Waals surface area (Å²) >= 11 is 2.86. The Morgan fingerprint density at radius 3 is 2.65 bits per heavy atom. The monoisotopic (exact) mass is 348 g/mol. The van der Waals surface area contributed by atoms with Crippen LogP contribution in [0, 0.1) is 15.9 Å². The molecule has 0 amide bonds. The second-order valence-corrected chi connectivity index (χ2v) is 5.41. The molecule has 8 heteroatoms. The van der Waals surface area contributed by atoms with Crippen molar-refractivity contribution in [2.75, 3.05) is 5.32 Å². The maximum atomic E-state index is 13.5. The highest BCUT2D eigenvalue weighted by Crippen LogP contribution is 2.33. The third-order valence-electron chi connectivity index (χ3n) is 2.87. The molecule has 0 aliphatic rings. The van der Waals surface area contributed by atoms with Gasteiger partial charge in [-0.1, -0.05) is 13.3 Å². The highest BCUT2D eigenvalue weighted by molar-refractivity contribution is 9.10. The molecule has 0 aliphatic heterocycles. The number of halogens is 2. The zero-order valence-corrected chi connectivity index (χ0v) is 12.5. The van der Waals surface area contributed by atoms with Crippen molar-refractivity contribution in [2.24, 2.45) is 0 Å². The summed E-state index contributed by atoms with van der Waals surface area (Å²) in [6, 6.07) is 1.92. The Balaban J connectivity index is 3.28. The van der Waals surface area contributed by atoms with E-state index in [1.807, 2.05) is 0 Å². The number of carbonyl (C=O) groups is 1. The molecule has 0 aromatic heterocycles. The molecule has 20 heavy (non-hydrogen) atoms. The number of aliphatic carboxylic acids is 1. The number of anilines is 1. The minimum absolute atomic E-state index is 0.0535. The van der Waals surface area contributed by atoms with Crippen LogP contribution in [-0.4, -0.2) is 21.5 Å². The van der Waals surface area contributed by atoms with Crippen LogP contribution >= 0.6 is 15.9 Å². The van der Waals surface area contributed by atoms with E-state index in [-0.39, 0.29) is 22.3 Å². The van der Waals surface area contributed by atoms with Crippen LogP contribution < -0.4 is 5.32 Å². The minimum Gasteiger partial charge on any atom is -0.480 e. The Labute approximate surface area is 123 Å². The molecule has 6 nitrogen and oxygen atoms in total. The normalized spacial score (nSPS) is 13.6. The van der Waals surface area contributed by atoms with E-state index >= 15 is 0 Å². The van der Waals surface area contributed by atoms with Gasteiger partial charge < -0.3 is 10.4 Å². The fourth-order valence-corrected chi connectivity index (χ4v) is 2.14. The summed E-state index contributed by atoms with van der Waals surface area (Å²) in [6.07, 6.45) is 0.805. The van der Waals surface area contributed by atoms with Crippen molar-refractivity contribution in [3.05, 3.63) is 32.5 Å². The van der Waals surface area contributed by atoms with E-state index in [0.717, 1.165) is 12.1 Å². The maximum Gasteiger partial charge on any atom is 0.329 e. The van der Waals surface area contributed by atoms with Crippen LogP contribution in [0.25, 0.3) is 0 Å². The van der Waals surface area contributed by atoms with Gasteiger partial charge in [-0.2, -0.15) is 0 Å². The van der Waals surface area contributed by atoms with Crippen molar-refractivity contribution in [1.82, 2.24) is 0 Å². The zero-order valence-electron chi connectivity index (χ0n) is 10.9. The first-order valence-corrected chi connectivity index (χ1v) is 6.65. The first kappa shape index (κ1) is 16.4. The van der Waals surface area contributed by atoms with Crippen molar-refractivity contribution in [1.29, 1.82) is 0 Å². The minimum atomic E-state index is -1.40. The van der Waals surface area contributed by atoms with Crippen LogP contribution in [0.1, 0.15) is 26.7 Å². The van der Waals surface area contributed by atoms with E-state index in [0.29, 0.717) is 6.42 Å². The summed E-state index contributed by atoms with van der Waals surface area (Å²) < 4.78 is 13.5. The van der Waals surface area contributed by atoms with Gasteiger partial charge in [0.25, 0.3) is 5.69 Å². The second-order valence-electron chi connectivity index (χ2n) is 4.55. The average Bonchev–Trinajstić information content (AvgIpc) is 2.33. The Hall–Kier alpha value is -1.70. The van der Waals surface area contributed by atoms with Crippen molar-refractivity contribution >= 4 is 33.3 Å². The Morgan fingerprint density at radius 1 is 1.60 bits per heavy atom. The number of benzene rings is 1. The number of carboxylic acid groups (broad SMARTS) is 1. The van der Waals surface area contributed by atoms with Gasteiger partial charge in [-0.25, -0.2) is 9.18 Å². The number of hydrogen-bond acceptors (Lipinski definition) is 4. The molecule has 0 spiro atoms. The molecular weight excluding hydrogens is 335 g/mol. The molecule has 110 valence electrons. The Kier molecular flexibility index (Phi) is 5.04. The molecule has 0 saturated heterocycles. The van der Waals surface area contributed by atoms with Crippen molar-refractivity contribution < 1.29 is 19.2 Å². The van der Waals surface area contributed by atoms with Crippen LogP contribution in [0.2, 0.25) is 0 Å². The summed E-state index contributed by atoms with van der Waals surface area (Å²) in [5.74, 6) is -1.86. The van der Waals surface area contributed by atoms with Crippen molar-refractivity contribution in [2.45, 2.75) is 32.2 Å². The molecule has 1 unspecified atom stereocenters. The molecule has 0 aliphatic carbocycles. The van der Waals surface area contributed by atoms with Crippen LogP contribution in [-0.2, 0) is 4.79 Å². The van der Waals surface area contributed by atoms with Gasteiger partial charge in [0.15, 0.2) is 0 Å². The third kappa shape index (κ3) is 3.44. The largest absolute Gasteiger partial charge is 0.480 e. The predicted molar refractivity (Wildman–Crippen MR) is 75.3 cm³/mol. The maximum absolute atomic E-state index is 13.5. The van der Waals surface area contributed by atoms with Crippen molar-refractivity contribution in [3.63, 3.8) is 0 Å². The van der Waals surface area contributed by atoms with Gasteiger partial charge in [0, 0.05) is 12.1 Å². The number of nitro groups is 1. The van der Waals surface area contributed by atoms with E-state index in [1.165, 1.54) is 6.92 Å². The summed E-state index contributed by atoms with van der Waals surface area (Å²) in [7, 11) is 0. The highest BCUT2D eigenvalue weighted by Gasteiger charge is 2.34. The second kappa shape index (κ2) is 6.17. The van der Waals surface area contributed by atoms with Gasteiger partial charge >= 0.3 is 5.97 Å². The first-order valence-electron chi connectivity index (χ1n) is 5.86. The summed E-state index contributed by atoms with van der Waals surface area (Å²) in [4.78, 5) is 21.6. The SMILES string of the molecule is CCCC(C)(Nc1cc(F)c(Br)cc1[N+](=O)[O-])C(=O)O. The number of nitrogens with zero attached hydrogens (tertiary/aromatic N) is 1. The number of hydrogen-bond donors (Lipinski definition) is 2. The average molecular weight is 349 g/mol. The van der Waals surface area contributed by atoms with E-state index < -0.39 is 22.2 Å². The lowest BCUT2D eigenvalue weighted by atomic mass is 9.95. The van der Waals surface area contributed by atoms with Crippen molar-refractivity contribution in [3.8, 4) is 0 Å². The number of rotatable bonds is 6. The highest BCUT2D eigenvalue weighted by atomic mass is 79.9. The first-order chi connectivity index (χ1) is 9.21. The van der Waals surface area contributed by atoms with Gasteiger partial charge in [0.1, 0.15) is 17.0 Å². The van der Waals surface area contributed by atoms with Gasteiger partial charge in [-0.05, 0) is 29.3 Å². The fourth-order valence-electron chi connectivity index (χ4n) is 1.81. The zero-order chi connectivity index (χ0) is 15.5. The molecule has 0 heterocycles. The van der Waals surface area contributed by atoms with E-state index in [9.17, 15) is 24.4 Å². The van der Waals surface area contributed by atoms with Gasteiger partial charge in [-0.3, -0.25) is 10.1 Å². The molecule has 0 saturated carbocycles. The summed E-state index contributed by atoms with van der Waals surface area (Å²) in [6.45, 7) is 3.20. The molecular formula is C12H14BrFN2O4. The lowest BCUT2D eigenvalue weighted by molar-refractivity contribution is -0.384. The summed E-state index contributed by atoms with van der Waals surface area (Å²) in [5.41, 5.74) is -1.95. The molecule has 0 radical (unpaired) electrons. The number of carboxylic acids is 1. The number of nitrogens with one attached hydrogen (secondary N) is 1. The Morgan fingerprint density at radius 2 is 2.20 bits per heavy atom. The topological polar surface area (TPSA) is 92.5 Å². The molecule has 1 rings (SSSR count). The number of nitro benzene ring substituents is 1. The standard InChI is InChI=1S/C12H14BrFN2O4/c1-3-4-12(2,11(17)18)15-9-6-8(14)7(13)5-10(9)16(19)20/h5-6,15H,3-4H2,1-2H3,(H,17,18). The molecule has 1 atom stereocenters. The van der Waals surface area contributed by atoms with Gasteiger partial charge in [-0.15, -0.1) is 0 Å². The van der Waals surface area contributed by atoms with E-state index in [1.54, 1.807) is 6.92 Å². The predicted octanol–water partition coefficient (Wildman–Crippen LogP) is 3.55. The Bertz CT molecular complexity index is 553. The van der Waals surface area contributed by atoms with Crippen LogP contribution in [0.4, 0.5) is 15.8 Å². The van der Waals surface area contributed by atoms with Crippen LogP contribution in [0.3, 0.4) is 0 Å².